The maximum absolute atomic E-state index is 11.8. The lowest BCUT2D eigenvalue weighted by molar-refractivity contribution is -0.127. The fraction of sp³-hybridized carbons (Fsp3) is 0.533. The van der Waals surface area contributed by atoms with Crippen LogP contribution in [-0.4, -0.2) is 43.2 Å². The lowest BCUT2D eigenvalue weighted by Gasteiger charge is -2.32. The minimum atomic E-state index is 0.0239. The van der Waals surface area contributed by atoms with Gasteiger partial charge in [0.1, 0.15) is 0 Å². The summed E-state index contributed by atoms with van der Waals surface area (Å²) in [5, 5.41) is 2.75. The van der Waals surface area contributed by atoms with Crippen LogP contribution < -0.4 is 5.32 Å². The smallest absolute Gasteiger partial charge is 0.225 e. The fourth-order valence-electron chi connectivity index (χ4n) is 3.17. The first-order valence-electron chi connectivity index (χ1n) is 6.89. The normalized spacial score (nSPS) is 30.3. The zero-order valence-corrected chi connectivity index (χ0v) is 11.2. The van der Waals surface area contributed by atoms with E-state index in [0.29, 0.717) is 0 Å². The first-order chi connectivity index (χ1) is 9.26. The Morgan fingerprint density at radius 2 is 2.16 bits per heavy atom. The molecule has 2 heterocycles. The van der Waals surface area contributed by atoms with E-state index in [-0.39, 0.29) is 24.0 Å². The minimum Gasteiger partial charge on any atom is -0.371 e. The van der Waals surface area contributed by atoms with Crippen LogP contribution in [0.25, 0.3) is 0 Å². The Morgan fingerprint density at radius 3 is 2.89 bits per heavy atom. The lowest BCUT2D eigenvalue weighted by Crippen LogP contribution is -2.44. The Kier molecular flexibility index (Phi) is 3.53. The van der Waals surface area contributed by atoms with Gasteiger partial charge in [0.15, 0.2) is 0 Å². The molecule has 2 bridgehead atoms. The van der Waals surface area contributed by atoms with Crippen molar-refractivity contribution in [2.75, 3.05) is 20.1 Å². The minimum absolute atomic E-state index is 0.0239. The van der Waals surface area contributed by atoms with Crippen LogP contribution in [0.2, 0.25) is 0 Å². The summed E-state index contributed by atoms with van der Waals surface area (Å²) in [6.45, 7) is 2.72. The van der Waals surface area contributed by atoms with Gasteiger partial charge in [-0.3, -0.25) is 9.69 Å². The van der Waals surface area contributed by atoms with Crippen molar-refractivity contribution in [1.82, 2.24) is 10.2 Å². The summed E-state index contributed by atoms with van der Waals surface area (Å²) in [5.74, 6) is 0.143. The molecule has 1 N–H and O–H groups in total. The molecule has 0 aliphatic carbocycles. The van der Waals surface area contributed by atoms with Crippen LogP contribution in [0.4, 0.5) is 0 Å². The average molecular weight is 260 g/mol. The molecular weight excluding hydrogens is 240 g/mol. The summed E-state index contributed by atoms with van der Waals surface area (Å²) in [6.07, 6.45) is 1.13. The summed E-state index contributed by atoms with van der Waals surface area (Å²) in [7, 11) is 1.70. The topological polar surface area (TPSA) is 41.6 Å². The number of fused-ring (bicyclic) bond motifs is 2. The molecule has 1 amide bonds. The van der Waals surface area contributed by atoms with Crippen molar-refractivity contribution in [2.45, 2.75) is 25.2 Å². The zero-order chi connectivity index (χ0) is 13.2. The molecule has 4 heteroatoms. The summed E-state index contributed by atoms with van der Waals surface area (Å²) >= 11 is 0. The molecule has 3 rings (SSSR count). The largest absolute Gasteiger partial charge is 0.371 e. The molecule has 3 atom stereocenters. The van der Waals surface area contributed by atoms with Crippen molar-refractivity contribution in [3.63, 3.8) is 0 Å². The van der Waals surface area contributed by atoms with Gasteiger partial charge < -0.3 is 10.1 Å². The highest BCUT2D eigenvalue weighted by molar-refractivity contribution is 5.79. The second kappa shape index (κ2) is 5.31. The SMILES string of the molecule is CNC(=O)[C@@H]1C[C@H]2CN(Cc3ccccc3)C[C@@H]1O2. The molecule has 2 aliphatic heterocycles. The first kappa shape index (κ1) is 12.6. The van der Waals surface area contributed by atoms with E-state index < -0.39 is 0 Å². The highest BCUT2D eigenvalue weighted by Crippen LogP contribution is 2.32. The number of amides is 1. The van der Waals surface area contributed by atoms with Gasteiger partial charge in [0, 0.05) is 26.7 Å². The van der Waals surface area contributed by atoms with Crippen molar-refractivity contribution >= 4 is 5.91 Å². The van der Waals surface area contributed by atoms with E-state index in [1.807, 2.05) is 6.07 Å². The molecule has 1 aromatic carbocycles. The lowest BCUT2D eigenvalue weighted by atomic mass is 10.00. The van der Waals surface area contributed by atoms with Crippen molar-refractivity contribution in [3.05, 3.63) is 35.9 Å². The third-order valence-corrected chi connectivity index (χ3v) is 4.07. The van der Waals surface area contributed by atoms with E-state index in [4.69, 9.17) is 4.74 Å². The monoisotopic (exact) mass is 260 g/mol. The molecule has 19 heavy (non-hydrogen) atoms. The van der Waals surface area contributed by atoms with Crippen molar-refractivity contribution in [3.8, 4) is 0 Å². The Balaban J connectivity index is 1.64. The van der Waals surface area contributed by atoms with Crippen LogP contribution in [0.1, 0.15) is 12.0 Å². The van der Waals surface area contributed by atoms with E-state index in [9.17, 15) is 4.79 Å². The van der Waals surface area contributed by atoms with E-state index >= 15 is 0 Å². The third-order valence-electron chi connectivity index (χ3n) is 4.07. The molecule has 0 aromatic heterocycles. The van der Waals surface area contributed by atoms with Gasteiger partial charge in [-0.1, -0.05) is 30.3 Å². The average Bonchev–Trinajstić information content (AvgIpc) is 2.74. The van der Waals surface area contributed by atoms with Gasteiger partial charge in [0.05, 0.1) is 18.1 Å². The maximum Gasteiger partial charge on any atom is 0.225 e. The summed E-state index contributed by atoms with van der Waals surface area (Å²) in [5.41, 5.74) is 1.32. The highest BCUT2D eigenvalue weighted by atomic mass is 16.5. The number of hydrogen-bond donors (Lipinski definition) is 1. The van der Waals surface area contributed by atoms with E-state index in [0.717, 1.165) is 26.1 Å². The van der Waals surface area contributed by atoms with Gasteiger partial charge in [-0.25, -0.2) is 0 Å². The van der Waals surface area contributed by atoms with Crippen LogP contribution in [0.3, 0.4) is 0 Å². The number of carbonyl (C=O) groups excluding carboxylic acids is 1. The molecule has 2 fully saturated rings. The number of likely N-dealkylation sites (tertiary alicyclic amines) is 1. The Bertz CT molecular complexity index is 449. The molecule has 102 valence electrons. The van der Waals surface area contributed by atoms with Crippen molar-refractivity contribution in [2.24, 2.45) is 5.92 Å². The number of benzene rings is 1. The third kappa shape index (κ3) is 2.65. The molecule has 0 radical (unpaired) electrons. The summed E-state index contributed by atoms with van der Waals surface area (Å²) in [6, 6.07) is 10.5. The molecule has 4 nitrogen and oxygen atoms in total. The molecule has 2 saturated heterocycles. The van der Waals surface area contributed by atoms with Gasteiger partial charge >= 0.3 is 0 Å². The number of nitrogens with zero attached hydrogens (tertiary/aromatic N) is 1. The quantitative estimate of drug-likeness (QED) is 0.882. The first-order valence-corrected chi connectivity index (χ1v) is 6.89. The van der Waals surface area contributed by atoms with Crippen molar-refractivity contribution in [1.29, 1.82) is 0 Å². The van der Waals surface area contributed by atoms with Crippen LogP contribution >= 0.6 is 0 Å². The standard InChI is InChI=1S/C15H20N2O2/c1-16-15(18)13-7-12-9-17(10-14(13)19-12)8-11-5-3-2-4-6-11/h2-6,12-14H,7-10H2,1H3,(H,16,18)/t12-,13+,14-/m0/s1. The van der Waals surface area contributed by atoms with Crippen LogP contribution in [0.15, 0.2) is 30.3 Å². The molecule has 0 unspecified atom stereocenters. The Labute approximate surface area is 113 Å². The Hall–Kier alpha value is -1.39. The van der Waals surface area contributed by atoms with Crippen LogP contribution in [0.5, 0.6) is 0 Å². The predicted octanol–water partition coefficient (Wildman–Crippen LogP) is 1.02. The summed E-state index contributed by atoms with van der Waals surface area (Å²) < 4.78 is 5.90. The zero-order valence-electron chi connectivity index (χ0n) is 11.2. The Morgan fingerprint density at radius 1 is 1.37 bits per heavy atom. The molecule has 0 saturated carbocycles. The molecular formula is C15H20N2O2. The van der Waals surface area contributed by atoms with E-state index in [1.54, 1.807) is 7.05 Å². The van der Waals surface area contributed by atoms with Gasteiger partial charge in [-0.15, -0.1) is 0 Å². The van der Waals surface area contributed by atoms with Crippen molar-refractivity contribution < 1.29 is 9.53 Å². The highest BCUT2D eigenvalue weighted by Gasteiger charge is 2.44. The number of carbonyl (C=O) groups is 1. The second-order valence-corrected chi connectivity index (χ2v) is 5.43. The molecule has 1 aromatic rings. The number of hydrogen-bond acceptors (Lipinski definition) is 3. The predicted molar refractivity (Wildman–Crippen MR) is 72.6 cm³/mol. The number of ether oxygens (including phenoxy) is 1. The van der Waals surface area contributed by atoms with Gasteiger partial charge in [-0.05, 0) is 12.0 Å². The van der Waals surface area contributed by atoms with E-state index in [2.05, 4.69) is 34.5 Å². The number of nitrogens with one attached hydrogen (secondary N) is 1. The molecule has 0 spiro atoms. The van der Waals surface area contributed by atoms with Gasteiger partial charge in [0.2, 0.25) is 5.91 Å². The summed E-state index contributed by atoms with van der Waals surface area (Å²) in [4.78, 5) is 14.2. The fourth-order valence-corrected chi connectivity index (χ4v) is 3.17. The van der Waals surface area contributed by atoms with Crippen LogP contribution in [0, 0.1) is 5.92 Å². The molecule has 2 aliphatic rings. The maximum atomic E-state index is 11.8. The number of rotatable bonds is 3. The second-order valence-electron chi connectivity index (χ2n) is 5.43. The van der Waals surface area contributed by atoms with E-state index in [1.165, 1.54) is 5.56 Å². The number of morpholine rings is 1. The van der Waals surface area contributed by atoms with Crippen LogP contribution in [-0.2, 0) is 16.1 Å². The van der Waals surface area contributed by atoms with Gasteiger partial charge in [-0.2, -0.15) is 0 Å². The van der Waals surface area contributed by atoms with Gasteiger partial charge in [0.25, 0.3) is 0 Å².